The maximum Gasteiger partial charge on any atom is 0.407 e. The Kier molecular flexibility index (Phi) is 5.32. The summed E-state index contributed by atoms with van der Waals surface area (Å²) in [5.74, 6) is 0.475. The number of hydrogen-bond acceptors (Lipinski definition) is 4. The SMILES string of the molecule is CC(C)C[C@@H](Cn1cncn1)NC(=O)OC(C)(C)C. The first-order valence-electron chi connectivity index (χ1n) is 6.58. The summed E-state index contributed by atoms with van der Waals surface area (Å²) in [6.45, 7) is 10.4. The summed E-state index contributed by atoms with van der Waals surface area (Å²) in [6.07, 6.45) is 3.60. The second kappa shape index (κ2) is 6.54. The van der Waals surface area contributed by atoms with Gasteiger partial charge in [0.2, 0.25) is 0 Å². The molecular formula is C13H24N4O2. The Morgan fingerprint density at radius 1 is 1.42 bits per heavy atom. The van der Waals surface area contributed by atoms with Gasteiger partial charge in [0, 0.05) is 0 Å². The molecule has 0 spiro atoms. The number of nitrogens with zero attached hydrogens (tertiary/aromatic N) is 3. The minimum Gasteiger partial charge on any atom is -0.444 e. The van der Waals surface area contributed by atoms with Crippen LogP contribution in [0.4, 0.5) is 4.79 Å². The lowest BCUT2D eigenvalue weighted by Gasteiger charge is -2.24. The highest BCUT2D eigenvalue weighted by atomic mass is 16.6. The van der Waals surface area contributed by atoms with Crippen molar-refractivity contribution in [1.29, 1.82) is 0 Å². The van der Waals surface area contributed by atoms with Gasteiger partial charge in [-0.1, -0.05) is 13.8 Å². The fourth-order valence-electron chi connectivity index (χ4n) is 1.78. The molecule has 0 aromatic carbocycles. The fraction of sp³-hybridized carbons (Fsp3) is 0.769. The number of carbonyl (C=O) groups excluding carboxylic acids is 1. The minimum absolute atomic E-state index is 0.0171. The van der Waals surface area contributed by atoms with Gasteiger partial charge in [-0.15, -0.1) is 0 Å². The summed E-state index contributed by atoms with van der Waals surface area (Å²) in [4.78, 5) is 15.7. The monoisotopic (exact) mass is 268 g/mol. The van der Waals surface area contributed by atoms with Crippen molar-refractivity contribution >= 4 is 6.09 Å². The van der Waals surface area contributed by atoms with Gasteiger partial charge in [-0.3, -0.25) is 4.68 Å². The van der Waals surface area contributed by atoms with Crippen LogP contribution in [0.3, 0.4) is 0 Å². The molecule has 0 saturated heterocycles. The van der Waals surface area contributed by atoms with Gasteiger partial charge < -0.3 is 10.1 Å². The number of alkyl carbamates (subject to hydrolysis) is 1. The highest BCUT2D eigenvalue weighted by Crippen LogP contribution is 2.10. The van der Waals surface area contributed by atoms with Crippen molar-refractivity contribution in [1.82, 2.24) is 20.1 Å². The number of nitrogens with one attached hydrogen (secondary N) is 1. The van der Waals surface area contributed by atoms with Crippen molar-refractivity contribution in [3.05, 3.63) is 12.7 Å². The standard InChI is InChI=1S/C13H24N4O2/c1-10(2)6-11(7-17-9-14-8-15-17)16-12(18)19-13(3,4)5/h8-11H,6-7H2,1-5H3,(H,16,18)/t11-/m0/s1. The number of carbonyl (C=O) groups is 1. The zero-order chi connectivity index (χ0) is 14.5. The summed E-state index contributed by atoms with van der Waals surface area (Å²) < 4.78 is 6.99. The third kappa shape index (κ3) is 6.79. The van der Waals surface area contributed by atoms with E-state index in [0.29, 0.717) is 12.5 Å². The number of amides is 1. The van der Waals surface area contributed by atoms with E-state index in [2.05, 4.69) is 29.2 Å². The summed E-state index contributed by atoms with van der Waals surface area (Å²) in [5, 5.41) is 6.95. The zero-order valence-corrected chi connectivity index (χ0v) is 12.4. The van der Waals surface area contributed by atoms with Crippen LogP contribution in [0.5, 0.6) is 0 Å². The molecule has 0 unspecified atom stereocenters. The van der Waals surface area contributed by atoms with Crippen LogP contribution >= 0.6 is 0 Å². The van der Waals surface area contributed by atoms with Crippen LogP contribution in [0.15, 0.2) is 12.7 Å². The predicted octanol–water partition coefficient (Wildman–Crippen LogP) is 2.22. The molecule has 0 bridgehead atoms. The first-order valence-corrected chi connectivity index (χ1v) is 6.58. The van der Waals surface area contributed by atoms with Crippen molar-refractivity contribution in [2.75, 3.05) is 0 Å². The molecule has 1 rings (SSSR count). The van der Waals surface area contributed by atoms with Crippen molar-refractivity contribution in [2.24, 2.45) is 5.92 Å². The molecule has 108 valence electrons. The lowest BCUT2D eigenvalue weighted by atomic mass is 10.0. The van der Waals surface area contributed by atoms with E-state index in [1.807, 2.05) is 20.8 Å². The predicted molar refractivity (Wildman–Crippen MR) is 72.6 cm³/mol. The smallest absolute Gasteiger partial charge is 0.407 e. The molecule has 1 atom stereocenters. The summed E-state index contributed by atoms with van der Waals surface area (Å²) in [7, 11) is 0. The molecule has 0 fully saturated rings. The Bertz CT molecular complexity index is 382. The highest BCUT2D eigenvalue weighted by Gasteiger charge is 2.20. The molecule has 1 aromatic rings. The largest absolute Gasteiger partial charge is 0.444 e. The topological polar surface area (TPSA) is 69.0 Å². The Hall–Kier alpha value is -1.59. The van der Waals surface area contributed by atoms with Crippen LogP contribution in [0.2, 0.25) is 0 Å². The van der Waals surface area contributed by atoms with E-state index in [4.69, 9.17) is 4.74 Å². The molecule has 0 aliphatic rings. The molecule has 1 aromatic heterocycles. The van der Waals surface area contributed by atoms with Gasteiger partial charge in [-0.05, 0) is 33.1 Å². The van der Waals surface area contributed by atoms with Crippen molar-refractivity contribution in [3.63, 3.8) is 0 Å². The Morgan fingerprint density at radius 3 is 2.58 bits per heavy atom. The zero-order valence-electron chi connectivity index (χ0n) is 12.4. The van der Waals surface area contributed by atoms with E-state index < -0.39 is 11.7 Å². The first kappa shape index (κ1) is 15.5. The normalized spacial score (nSPS) is 13.4. The number of ether oxygens (including phenoxy) is 1. The molecule has 0 aliphatic carbocycles. The Morgan fingerprint density at radius 2 is 2.11 bits per heavy atom. The van der Waals surface area contributed by atoms with Crippen LogP contribution in [0.25, 0.3) is 0 Å². The number of hydrogen-bond donors (Lipinski definition) is 1. The molecule has 0 saturated carbocycles. The van der Waals surface area contributed by atoms with E-state index in [-0.39, 0.29) is 6.04 Å². The van der Waals surface area contributed by atoms with Crippen molar-refractivity contribution in [2.45, 2.75) is 59.2 Å². The fourth-order valence-corrected chi connectivity index (χ4v) is 1.78. The summed E-state index contributed by atoms with van der Waals surface area (Å²) in [5.41, 5.74) is -0.486. The van der Waals surface area contributed by atoms with Gasteiger partial charge >= 0.3 is 6.09 Å². The van der Waals surface area contributed by atoms with Gasteiger partial charge in [-0.2, -0.15) is 5.10 Å². The van der Waals surface area contributed by atoms with Gasteiger partial charge in [0.1, 0.15) is 18.3 Å². The van der Waals surface area contributed by atoms with E-state index in [1.54, 1.807) is 11.0 Å². The van der Waals surface area contributed by atoms with Crippen LogP contribution in [-0.2, 0) is 11.3 Å². The molecule has 6 nitrogen and oxygen atoms in total. The third-order valence-electron chi connectivity index (χ3n) is 2.35. The maximum atomic E-state index is 11.8. The molecule has 0 radical (unpaired) electrons. The second-order valence-electron chi connectivity index (χ2n) is 6.09. The average molecular weight is 268 g/mol. The molecule has 6 heteroatoms. The van der Waals surface area contributed by atoms with Gasteiger partial charge in [0.05, 0.1) is 12.6 Å². The Balaban J connectivity index is 2.56. The lowest BCUT2D eigenvalue weighted by Crippen LogP contribution is -2.42. The maximum absolute atomic E-state index is 11.8. The van der Waals surface area contributed by atoms with Crippen molar-refractivity contribution in [3.8, 4) is 0 Å². The molecule has 19 heavy (non-hydrogen) atoms. The summed E-state index contributed by atoms with van der Waals surface area (Å²) >= 11 is 0. The molecule has 1 N–H and O–H groups in total. The van der Waals surface area contributed by atoms with E-state index in [9.17, 15) is 4.79 Å². The molecule has 0 aliphatic heterocycles. The van der Waals surface area contributed by atoms with Gasteiger partial charge in [0.25, 0.3) is 0 Å². The summed E-state index contributed by atoms with van der Waals surface area (Å²) in [6, 6.07) is -0.0171. The van der Waals surface area contributed by atoms with Gasteiger partial charge in [-0.25, -0.2) is 9.78 Å². The van der Waals surface area contributed by atoms with Crippen molar-refractivity contribution < 1.29 is 9.53 Å². The van der Waals surface area contributed by atoms with E-state index >= 15 is 0 Å². The molecular weight excluding hydrogens is 244 g/mol. The Labute approximate surface area is 114 Å². The van der Waals surface area contributed by atoms with E-state index in [1.165, 1.54) is 6.33 Å². The molecule has 1 amide bonds. The first-order chi connectivity index (χ1) is 8.76. The minimum atomic E-state index is -0.486. The quantitative estimate of drug-likeness (QED) is 0.889. The second-order valence-corrected chi connectivity index (χ2v) is 6.09. The van der Waals surface area contributed by atoms with Crippen LogP contribution in [-0.4, -0.2) is 32.5 Å². The third-order valence-corrected chi connectivity index (χ3v) is 2.35. The average Bonchev–Trinajstić information content (AvgIpc) is 2.65. The number of aromatic nitrogens is 3. The highest BCUT2D eigenvalue weighted by molar-refractivity contribution is 5.68. The van der Waals surface area contributed by atoms with Crippen LogP contribution < -0.4 is 5.32 Å². The number of rotatable bonds is 5. The van der Waals surface area contributed by atoms with Crippen LogP contribution in [0, 0.1) is 5.92 Å². The van der Waals surface area contributed by atoms with Crippen LogP contribution in [0.1, 0.15) is 41.0 Å². The van der Waals surface area contributed by atoms with Gasteiger partial charge in [0.15, 0.2) is 0 Å². The molecule has 1 heterocycles. The lowest BCUT2D eigenvalue weighted by molar-refractivity contribution is 0.0492. The van der Waals surface area contributed by atoms with E-state index in [0.717, 1.165) is 6.42 Å².